The Kier molecular flexibility index (Phi) is 4.99. The standard InChI is InChI=1S/C21H24ClN5O3/c22-16-13-23-6-2-14(16)19(29)26-7-4-21(5-8-26)3-1-15-17(21)24-20(25-18(15)28)27-9-11-30-12-10-27/h2,6,13H,1,3-5,7-12H2,(H,24,25,28). The van der Waals surface area contributed by atoms with Crippen molar-refractivity contribution >= 4 is 23.5 Å². The molecule has 0 unspecified atom stereocenters. The van der Waals surface area contributed by atoms with Crippen molar-refractivity contribution in [3.63, 3.8) is 0 Å². The molecule has 3 aliphatic rings. The summed E-state index contributed by atoms with van der Waals surface area (Å²) >= 11 is 6.16. The molecule has 1 aliphatic carbocycles. The topological polar surface area (TPSA) is 91.4 Å². The average molecular weight is 430 g/mol. The van der Waals surface area contributed by atoms with Gasteiger partial charge in [-0.3, -0.25) is 19.6 Å². The zero-order valence-electron chi connectivity index (χ0n) is 16.7. The molecular weight excluding hydrogens is 406 g/mol. The molecule has 0 aromatic carbocycles. The molecule has 158 valence electrons. The fourth-order valence-corrected chi connectivity index (χ4v) is 5.11. The molecule has 8 nitrogen and oxygen atoms in total. The molecular formula is C21H24ClN5O3. The normalized spacial score (nSPS) is 20.4. The number of halogens is 1. The van der Waals surface area contributed by atoms with E-state index >= 15 is 0 Å². The lowest BCUT2D eigenvalue weighted by Gasteiger charge is -2.39. The van der Waals surface area contributed by atoms with E-state index in [4.69, 9.17) is 21.3 Å². The molecule has 2 aromatic heterocycles. The number of likely N-dealkylation sites (tertiary alicyclic amines) is 1. The molecule has 4 heterocycles. The van der Waals surface area contributed by atoms with Gasteiger partial charge in [-0.1, -0.05) is 11.6 Å². The number of anilines is 1. The predicted molar refractivity (Wildman–Crippen MR) is 112 cm³/mol. The number of aromatic nitrogens is 3. The fourth-order valence-electron chi connectivity index (χ4n) is 4.91. The van der Waals surface area contributed by atoms with Crippen LogP contribution in [-0.2, 0) is 16.6 Å². The summed E-state index contributed by atoms with van der Waals surface area (Å²) in [4.78, 5) is 41.5. The Labute approximate surface area is 179 Å². The molecule has 2 aliphatic heterocycles. The summed E-state index contributed by atoms with van der Waals surface area (Å²) in [6.07, 6.45) is 6.33. The van der Waals surface area contributed by atoms with Gasteiger partial charge in [-0.25, -0.2) is 4.98 Å². The van der Waals surface area contributed by atoms with Crippen LogP contribution >= 0.6 is 11.6 Å². The minimum absolute atomic E-state index is 0.0274. The molecule has 5 rings (SSSR count). The highest BCUT2D eigenvalue weighted by Gasteiger charge is 2.45. The Balaban J connectivity index is 1.38. The molecule has 0 bridgehead atoms. The molecule has 2 fully saturated rings. The van der Waals surface area contributed by atoms with E-state index in [1.165, 1.54) is 6.20 Å². The molecule has 1 N–H and O–H groups in total. The van der Waals surface area contributed by atoms with Crippen LogP contribution in [0.3, 0.4) is 0 Å². The summed E-state index contributed by atoms with van der Waals surface area (Å²) in [5.74, 6) is 0.578. The van der Waals surface area contributed by atoms with Gasteiger partial charge < -0.3 is 14.5 Å². The molecule has 0 atom stereocenters. The summed E-state index contributed by atoms with van der Waals surface area (Å²) in [6.45, 7) is 3.98. The second-order valence-electron chi connectivity index (χ2n) is 8.24. The van der Waals surface area contributed by atoms with Crippen molar-refractivity contribution in [1.29, 1.82) is 0 Å². The Morgan fingerprint density at radius 2 is 1.93 bits per heavy atom. The van der Waals surface area contributed by atoms with Crippen LogP contribution in [0.1, 0.15) is 40.9 Å². The summed E-state index contributed by atoms with van der Waals surface area (Å²) < 4.78 is 5.42. The first-order chi connectivity index (χ1) is 14.6. The SMILES string of the molecule is O=C(c1ccncc1Cl)N1CCC2(CCc3c2nc(N2CCOCC2)[nH]c3=O)CC1. The summed E-state index contributed by atoms with van der Waals surface area (Å²) in [6, 6.07) is 1.66. The number of H-pyrrole nitrogens is 1. The van der Waals surface area contributed by atoms with Gasteiger partial charge in [0, 0.05) is 49.6 Å². The van der Waals surface area contributed by atoms with Gasteiger partial charge in [-0.2, -0.15) is 0 Å². The lowest BCUT2D eigenvalue weighted by Crippen LogP contribution is -2.45. The maximum absolute atomic E-state index is 12.9. The monoisotopic (exact) mass is 429 g/mol. The van der Waals surface area contributed by atoms with Crippen molar-refractivity contribution in [3.8, 4) is 0 Å². The van der Waals surface area contributed by atoms with Crippen LogP contribution in [0.2, 0.25) is 5.02 Å². The number of carbonyl (C=O) groups is 1. The molecule has 1 spiro atoms. The minimum Gasteiger partial charge on any atom is -0.378 e. The van der Waals surface area contributed by atoms with E-state index in [1.54, 1.807) is 12.3 Å². The van der Waals surface area contributed by atoms with E-state index in [2.05, 4.69) is 14.9 Å². The van der Waals surface area contributed by atoms with E-state index in [1.807, 2.05) is 4.90 Å². The lowest BCUT2D eigenvalue weighted by molar-refractivity contribution is 0.0663. The zero-order valence-corrected chi connectivity index (χ0v) is 17.5. The number of hydrogen-bond acceptors (Lipinski definition) is 6. The number of carbonyl (C=O) groups excluding carboxylic acids is 1. The van der Waals surface area contributed by atoms with Crippen LogP contribution in [0, 0.1) is 0 Å². The Bertz CT molecular complexity index is 1030. The molecule has 30 heavy (non-hydrogen) atoms. The minimum atomic E-state index is -0.135. The smallest absolute Gasteiger partial charge is 0.255 e. The van der Waals surface area contributed by atoms with Crippen LogP contribution in [0.5, 0.6) is 0 Å². The number of amides is 1. The first-order valence-corrected chi connectivity index (χ1v) is 10.8. The quantitative estimate of drug-likeness (QED) is 0.782. The molecule has 2 aromatic rings. The number of rotatable bonds is 2. The van der Waals surface area contributed by atoms with Crippen molar-refractivity contribution in [3.05, 3.63) is 50.7 Å². The highest BCUT2D eigenvalue weighted by molar-refractivity contribution is 6.33. The van der Waals surface area contributed by atoms with Gasteiger partial charge in [-0.05, 0) is 31.7 Å². The summed E-state index contributed by atoms with van der Waals surface area (Å²) in [5.41, 5.74) is 2.06. The number of aromatic amines is 1. The van der Waals surface area contributed by atoms with Crippen molar-refractivity contribution in [1.82, 2.24) is 19.9 Å². The van der Waals surface area contributed by atoms with Crippen molar-refractivity contribution in [2.75, 3.05) is 44.3 Å². The lowest BCUT2D eigenvalue weighted by atomic mass is 9.76. The molecule has 0 saturated carbocycles. The average Bonchev–Trinajstić information content (AvgIpc) is 3.13. The second-order valence-corrected chi connectivity index (χ2v) is 8.65. The number of pyridine rings is 1. The zero-order chi connectivity index (χ0) is 20.7. The Morgan fingerprint density at radius 1 is 1.17 bits per heavy atom. The van der Waals surface area contributed by atoms with E-state index in [0.717, 1.165) is 50.0 Å². The van der Waals surface area contributed by atoms with Gasteiger partial charge in [0.1, 0.15) is 0 Å². The molecule has 0 radical (unpaired) electrons. The van der Waals surface area contributed by atoms with E-state index in [0.29, 0.717) is 42.8 Å². The van der Waals surface area contributed by atoms with Crippen LogP contribution in [0.15, 0.2) is 23.3 Å². The molecule has 9 heteroatoms. The van der Waals surface area contributed by atoms with Gasteiger partial charge >= 0.3 is 0 Å². The number of ether oxygens (including phenoxy) is 1. The van der Waals surface area contributed by atoms with Crippen LogP contribution in [0.25, 0.3) is 0 Å². The van der Waals surface area contributed by atoms with Gasteiger partial charge in [-0.15, -0.1) is 0 Å². The first-order valence-electron chi connectivity index (χ1n) is 10.4. The third-order valence-corrected chi connectivity index (χ3v) is 6.98. The van der Waals surface area contributed by atoms with Gasteiger partial charge in [0.25, 0.3) is 11.5 Å². The maximum Gasteiger partial charge on any atom is 0.255 e. The van der Waals surface area contributed by atoms with Crippen molar-refractivity contribution in [2.45, 2.75) is 31.1 Å². The van der Waals surface area contributed by atoms with E-state index in [9.17, 15) is 9.59 Å². The van der Waals surface area contributed by atoms with Gasteiger partial charge in [0.15, 0.2) is 0 Å². The van der Waals surface area contributed by atoms with Gasteiger partial charge in [0.05, 0.1) is 29.5 Å². The second kappa shape index (κ2) is 7.67. The molecule has 2 saturated heterocycles. The van der Waals surface area contributed by atoms with Gasteiger partial charge in [0.2, 0.25) is 5.95 Å². The largest absolute Gasteiger partial charge is 0.378 e. The number of piperidine rings is 1. The maximum atomic E-state index is 12.9. The van der Waals surface area contributed by atoms with Crippen LogP contribution in [-0.4, -0.2) is 65.2 Å². The van der Waals surface area contributed by atoms with Crippen LogP contribution in [0.4, 0.5) is 5.95 Å². The predicted octanol–water partition coefficient (Wildman–Crippen LogP) is 1.78. The third kappa shape index (κ3) is 3.28. The first kappa shape index (κ1) is 19.5. The highest BCUT2D eigenvalue weighted by Crippen LogP contribution is 2.44. The third-order valence-electron chi connectivity index (χ3n) is 6.68. The number of hydrogen-bond donors (Lipinski definition) is 1. The number of fused-ring (bicyclic) bond motifs is 2. The number of morpholine rings is 1. The summed E-state index contributed by atoms with van der Waals surface area (Å²) in [7, 11) is 0. The fraction of sp³-hybridized carbons (Fsp3) is 0.524. The molecule has 1 amide bonds. The Morgan fingerprint density at radius 3 is 2.67 bits per heavy atom. The van der Waals surface area contributed by atoms with Crippen LogP contribution < -0.4 is 10.5 Å². The highest BCUT2D eigenvalue weighted by atomic mass is 35.5. The number of nitrogens with zero attached hydrogens (tertiary/aromatic N) is 4. The van der Waals surface area contributed by atoms with E-state index in [-0.39, 0.29) is 16.9 Å². The van der Waals surface area contributed by atoms with Crippen molar-refractivity contribution in [2.24, 2.45) is 0 Å². The van der Waals surface area contributed by atoms with Crippen molar-refractivity contribution < 1.29 is 9.53 Å². The van der Waals surface area contributed by atoms with E-state index < -0.39 is 0 Å². The summed E-state index contributed by atoms with van der Waals surface area (Å²) in [5, 5.41) is 0.373. The number of nitrogens with one attached hydrogen (secondary N) is 1. The Hall–Kier alpha value is -2.45.